The maximum Gasteiger partial charge on any atom is 0.418 e. The summed E-state index contributed by atoms with van der Waals surface area (Å²) in [5, 5.41) is 3.99. The molecule has 0 radical (unpaired) electrons. The molecule has 232 valence electrons. The Morgan fingerprint density at radius 3 is 2.48 bits per heavy atom. The molecule has 7 rings (SSSR count). The van der Waals surface area contributed by atoms with Gasteiger partial charge in [-0.2, -0.15) is 13.2 Å². The summed E-state index contributed by atoms with van der Waals surface area (Å²) in [4.78, 5) is 56.3. The summed E-state index contributed by atoms with van der Waals surface area (Å²) in [5.41, 5.74) is -0.504. The molecule has 2 N–H and O–H groups in total. The molecule has 4 aromatic carbocycles. The number of halogens is 3. The number of carbonyl (C=O) groups is 3. The van der Waals surface area contributed by atoms with Gasteiger partial charge in [0.05, 0.1) is 22.2 Å². The van der Waals surface area contributed by atoms with Crippen molar-refractivity contribution in [2.24, 2.45) is 5.92 Å². The lowest BCUT2D eigenvalue weighted by atomic mass is 9.83. The van der Waals surface area contributed by atoms with Crippen molar-refractivity contribution in [1.29, 1.82) is 0 Å². The first kappa shape index (κ1) is 29.8. The largest absolute Gasteiger partial charge is 0.484 e. The van der Waals surface area contributed by atoms with E-state index in [0.29, 0.717) is 31.8 Å². The molecular weight excluding hydrogens is 640 g/mol. The summed E-state index contributed by atoms with van der Waals surface area (Å²) in [5.74, 6) is -3.63. The zero-order valence-electron chi connectivity index (χ0n) is 23.5. The number of thioether (sulfide) groups is 1. The zero-order chi connectivity index (χ0) is 32.2. The van der Waals surface area contributed by atoms with Crippen molar-refractivity contribution in [3.05, 3.63) is 117 Å². The number of nitrogens with one attached hydrogen (secondary N) is 2. The SMILES string of the molecule is O=C(COc1cccc([C@@H]2c3sc(=O)[nH]c3S[C@H]3C(=O)N(c4ccccc4C(F)(F)F)C(=O)[C@@H]23)c1)Nc1cccc2ccccc12. The highest BCUT2D eigenvalue weighted by Gasteiger charge is 2.57. The minimum Gasteiger partial charge on any atom is -0.484 e. The lowest BCUT2D eigenvalue weighted by Crippen LogP contribution is -2.33. The van der Waals surface area contributed by atoms with Gasteiger partial charge < -0.3 is 15.0 Å². The molecule has 2 aliphatic heterocycles. The number of rotatable bonds is 6. The summed E-state index contributed by atoms with van der Waals surface area (Å²) in [7, 11) is 0. The van der Waals surface area contributed by atoms with Crippen LogP contribution in [0.5, 0.6) is 5.75 Å². The molecule has 1 saturated heterocycles. The van der Waals surface area contributed by atoms with Crippen LogP contribution >= 0.6 is 23.1 Å². The summed E-state index contributed by atoms with van der Waals surface area (Å²) in [6, 6.07) is 24.2. The molecular formula is C33H22F3N3O5S2. The van der Waals surface area contributed by atoms with Crippen LogP contribution in [-0.4, -0.2) is 34.6 Å². The van der Waals surface area contributed by atoms with Crippen LogP contribution in [0.3, 0.4) is 0 Å². The maximum absolute atomic E-state index is 14.0. The predicted octanol–water partition coefficient (Wildman–Crippen LogP) is 6.42. The lowest BCUT2D eigenvalue weighted by molar-refractivity contribution is -0.137. The van der Waals surface area contributed by atoms with Crippen LogP contribution in [0.25, 0.3) is 10.8 Å². The van der Waals surface area contributed by atoms with Gasteiger partial charge in [-0.15, -0.1) is 0 Å². The molecule has 0 saturated carbocycles. The van der Waals surface area contributed by atoms with Crippen molar-refractivity contribution in [2.75, 3.05) is 16.8 Å². The number of anilines is 2. The third-order valence-electron chi connectivity index (χ3n) is 7.93. The van der Waals surface area contributed by atoms with Crippen LogP contribution in [0.15, 0.2) is 101 Å². The molecule has 1 aromatic heterocycles. The number of alkyl halides is 3. The number of ether oxygens (including phenoxy) is 1. The fourth-order valence-corrected chi connectivity index (χ4v) is 8.50. The second kappa shape index (κ2) is 11.5. The van der Waals surface area contributed by atoms with Gasteiger partial charge in [-0.25, -0.2) is 4.90 Å². The minimum atomic E-state index is -4.80. The molecule has 8 nitrogen and oxygen atoms in total. The van der Waals surface area contributed by atoms with E-state index >= 15 is 0 Å². The quantitative estimate of drug-likeness (QED) is 0.203. The van der Waals surface area contributed by atoms with Gasteiger partial charge in [0.1, 0.15) is 11.0 Å². The predicted molar refractivity (Wildman–Crippen MR) is 168 cm³/mol. The number of benzene rings is 4. The van der Waals surface area contributed by atoms with Gasteiger partial charge in [0.15, 0.2) is 6.61 Å². The monoisotopic (exact) mass is 661 g/mol. The fourth-order valence-electron chi connectivity index (χ4n) is 5.99. The average molecular weight is 662 g/mol. The van der Waals surface area contributed by atoms with Gasteiger partial charge in [-0.05, 0) is 41.3 Å². The number of H-pyrrole nitrogens is 1. The van der Waals surface area contributed by atoms with Crippen LogP contribution in [0.1, 0.15) is 21.9 Å². The minimum absolute atomic E-state index is 0.292. The summed E-state index contributed by atoms with van der Waals surface area (Å²) in [6.07, 6.45) is -4.80. The first-order valence-corrected chi connectivity index (χ1v) is 15.7. The lowest BCUT2D eigenvalue weighted by Gasteiger charge is -2.30. The van der Waals surface area contributed by atoms with Gasteiger partial charge in [0.2, 0.25) is 11.8 Å². The van der Waals surface area contributed by atoms with E-state index < -0.39 is 52.2 Å². The van der Waals surface area contributed by atoms with E-state index in [2.05, 4.69) is 10.3 Å². The Hall–Kier alpha value is -4.88. The molecule has 3 atom stereocenters. The third kappa shape index (κ3) is 5.24. The molecule has 3 heterocycles. The van der Waals surface area contributed by atoms with Gasteiger partial charge in [-0.1, -0.05) is 83.8 Å². The third-order valence-corrected chi connectivity index (χ3v) is 10.3. The molecule has 0 spiro atoms. The molecule has 5 aromatic rings. The van der Waals surface area contributed by atoms with Crippen molar-refractivity contribution in [2.45, 2.75) is 22.4 Å². The molecule has 0 bridgehead atoms. The number of amides is 3. The number of hydrogen-bond acceptors (Lipinski definition) is 7. The summed E-state index contributed by atoms with van der Waals surface area (Å²) < 4.78 is 47.5. The number of aromatic amines is 1. The highest BCUT2D eigenvalue weighted by atomic mass is 32.2. The van der Waals surface area contributed by atoms with Crippen LogP contribution < -0.4 is 19.8 Å². The van der Waals surface area contributed by atoms with E-state index in [1.807, 2.05) is 36.4 Å². The molecule has 0 unspecified atom stereocenters. The Kier molecular flexibility index (Phi) is 7.44. The molecule has 2 aliphatic rings. The first-order valence-electron chi connectivity index (χ1n) is 14.0. The Balaban J connectivity index is 1.18. The van der Waals surface area contributed by atoms with Crippen molar-refractivity contribution < 1.29 is 32.3 Å². The van der Waals surface area contributed by atoms with Crippen LogP contribution in [0.4, 0.5) is 24.5 Å². The Morgan fingerprint density at radius 2 is 1.65 bits per heavy atom. The molecule has 13 heteroatoms. The van der Waals surface area contributed by atoms with E-state index in [1.165, 1.54) is 12.1 Å². The number of aromatic nitrogens is 1. The summed E-state index contributed by atoms with van der Waals surface area (Å²) in [6.45, 7) is -0.332. The van der Waals surface area contributed by atoms with Crippen LogP contribution in [-0.2, 0) is 20.6 Å². The van der Waals surface area contributed by atoms with Gasteiger partial charge in [0, 0.05) is 21.9 Å². The van der Waals surface area contributed by atoms with Gasteiger partial charge in [-0.3, -0.25) is 19.2 Å². The smallest absolute Gasteiger partial charge is 0.418 e. The highest BCUT2D eigenvalue weighted by molar-refractivity contribution is 8.00. The number of thiazole rings is 1. The Labute approximate surface area is 267 Å². The highest BCUT2D eigenvalue weighted by Crippen LogP contribution is 2.54. The number of nitrogens with zero attached hydrogens (tertiary/aromatic N) is 1. The number of imide groups is 1. The van der Waals surface area contributed by atoms with Crippen molar-refractivity contribution in [3.8, 4) is 5.75 Å². The van der Waals surface area contributed by atoms with Crippen molar-refractivity contribution in [3.63, 3.8) is 0 Å². The second-order valence-electron chi connectivity index (χ2n) is 10.7. The van der Waals surface area contributed by atoms with E-state index in [4.69, 9.17) is 4.74 Å². The summed E-state index contributed by atoms with van der Waals surface area (Å²) >= 11 is 1.84. The average Bonchev–Trinajstić information content (AvgIpc) is 3.53. The van der Waals surface area contributed by atoms with E-state index in [9.17, 15) is 32.3 Å². The van der Waals surface area contributed by atoms with Crippen molar-refractivity contribution in [1.82, 2.24) is 4.98 Å². The molecule has 3 amide bonds. The van der Waals surface area contributed by atoms with E-state index in [0.717, 1.165) is 46.0 Å². The second-order valence-corrected chi connectivity index (χ2v) is 12.9. The first-order chi connectivity index (χ1) is 22.1. The zero-order valence-corrected chi connectivity index (χ0v) is 25.2. The normalized spacial score (nSPS) is 19.2. The van der Waals surface area contributed by atoms with Crippen molar-refractivity contribution >= 4 is 63.0 Å². The fraction of sp³-hybridized carbons (Fsp3) is 0.152. The number of carbonyl (C=O) groups excluding carboxylic acids is 3. The Morgan fingerprint density at radius 1 is 0.913 bits per heavy atom. The standard InChI is InChI=1S/C33H22F3N3O5S2/c34-33(35,36)21-12-3-4-14-23(21)39-30(41)26-25(27-29(38-32(43)46-27)45-28(26)31(39)42)18-9-5-10-19(15-18)44-16-24(40)37-22-13-6-8-17-7-1-2-11-20(17)22/h1-15,25-26,28H,16H2,(H,37,40)(H,38,43)/t25-,26-,28+/m0/s1. The van der Waals surface area contributed by atoms with E-state index in [1.54, 1.807) is 30.3 Å². The van der Waals surface area contributed by atoms with Crippen LogP contribution in [0, 0.1) is 5.92 Å². The van der Waals surface area contributed by atoms with Gasteiger partial charge >= 0.3 is 11.0 Å². The maximum atomic E-state index is 14.0. The Bertz CT molecular complexity index is 2090. The van der Waals surface area contributed by atoms with Gasteiger partial charge in [0.25, 0.3) is 5.91 Å². The topological polar surface area (TPSA) is 109 Å². The number of para-hydroxylation sites is 1. The number of fused-ring (bicyclic) bond motifs is 3. The molecule has 1 fully saturated rings. The number of hydrogen-bond donors (Lipinski definition) is 2. The van der Waals surface area contributed by atoms with E-state index in [-0.39, 0.29) is 11.5 Å². The molecule has 0 aliphatic carbocycles. The molecule has 46 heavy (non-hydrogen) atoms. The van der Waals surface area contributed by atoms with Crippen LogP contribution in [0.2, 0.25) is 0 Å².